The second kappa shape index (κ2) is 9.39. The number of piperidine rings is 1. The van der Waals surface area contributed by atoms with Crippen molar-refractivity contribution >= 4 is 40.7 Å². The van der Waals surface area contributed by atoms with E-state index in [0.29, 0.717) is 38.8 Å². The minimum atomic E-state index is -0.667. The Labute approximate surface area is 173 Å². The minimum Gasteiger partial charge on any atom is -0.343 e. The molecule has 0 bridgehead atoms. The lowest BCUT2D eigenvalue weighted by atomic mass is 9.95. The lowest BCUT2D eigenvalue weighted by Crippen LogP contribution is -2.41. The van der Waals surface area contributed by atoms with E-state index in [-0.39, 0.29) is 33.5 Å². The van der Waals surface area contributed by atoms with Gasteiger partial charge in [-0.1, -0.05) is 53.5 Å². The number of nitrogens with zero attached hydrogens (tertiary/aromatic N) is 1. The van der Waals surface area contributed by atoms with Crippen molar-refractivity contribution in [3.63, 3.8) is 0 Å². The van der Waals surface area contributed by atoms with E-state index in [1.54, 1.807) is 4.90 Å². The van der Waals surface area contributed by atoms with Crippen molar-refractivity contribution < 1.29 is 14.0 Å². The van der Waals surface area contributed by atoms with Crippen LogP contribution in [0.15, 0.2) is 42.5 Å². The molecule has 3 rings (SSSR count). The van der Waals surface area contributed by atoms with Crippen LogP contribution in [0, 0.1) is 11.7 Å². The van der Waals surface area contributed by atoms with Gasteiger partial charge in [-0.3, -0.25) is 9.59 Å². The average Bonchev–Trinajstić information content (AvgIpc) is 2.69. The maximum atomic E-state index is 14.0. The summed E-state index contributed by atoms with van der Waals surface area (Å²) in [6.45, 7) is 1.03. The van der Waals surface area contributed by atoms with Gasteiger partial charge in [-0.25, -0.2) is 4.39 Å². The Kier molecular flexibility index (Phi) is 6.92. The van der Waals surface area contributed by atoms with E-state index in [1.807, 2.05) is 30.3 Å². The molecule has 2 aromatic rings. The quantitative estimate of drug-likeness (QED) is 0.741. The van der Waals surface area contributed by atoms with Crippen LogP contribution in [0.3, 0.4) is 0 Å². The molecule has 1 N–H and O–H groups in total. The van der Waals surface area contributed by atoms with Gasteiger partial charge in [-0.15, -0.1) is 0 Å². The fraction of sp³-hybridized carbons (Fsp3) is 0.333. The number of carbonyl (C=O) groups is 2. The summed E-state index contributed by atoms with van der Waals surface area (Å²) in [6.07, 6.45) is 2.23. The van der Waals surface area contributed by atoms with Gasteiger partial charge in [0.05, 0.1) is 10.7 Å². The molecule has 28 heavy (non-hydrogen) atoms. The number of nitrogens with one attached hydrogen (secondary N) is 1. The number of likely N-dealkylation sites (tertiary alicyclic amines) is 1. The summed E-state index contributed by atoms with van der Waals surface area (Å²) in [6, 6.07) is 12.4. The first-order valence-electron chi connectivity index (χ1n) is 9.21. The van der Waals surface area contributed by atoms with Gasteiger partial charge in [0.1, 0.15) is 5.82 Å². The highest BCUT2D eigenvalue weighted by Gasteiger charge is 2.28. The lowest BCUT2D eigenvalue weighted by Gasteiger charge is -2.31. The molecule has 0 atom stereocenters. The monoisotopic (exact) mass is 422 g/mol. The van der Waals surface area contributed by atoms with Crippen LogP contribution >= 0.6 is 23.2 Å². The van der Waals surface area contributed by atoms with Gasteiger partial charge < -0.3 is 10.2 Å². The highest BCUT2D eigenvalue weighted by molar-refractivity contribution is 6.36. The van der Waals surface area contributed by atoms with Crippen LogP contribution in [0.1, 0.15) is 24.8 Å². The number of amides is 2. The van der Waals surface area contributed by atoms with Crippen LogP contribution in [-0.4, -0.2) is 29.8 Å². The largest absolute Gasteiger partial charge is 0.343 e. The fourth-order valence-electron chi connectivity index (χ4n) is 3.33. The van der Waals surface area contributed by atoms with Crippen molar-refractivity contribution in [2.24, 2.45) is 5.92 Å². The zero-order valence-electron chi connectivity index (χ0n) is 15.3. The smallest absolute Gasteiger partial charge is 0.227 e. The molecular formula is C21H21Cl2FN2O2. The van der Waals surface area contributed by atoms with Crippen molar-refractivity contribution in [1.82, 2.24) is 4.90 Å². The molecule has 0 aromatic heterocycles. The standard InChI is InChI=1S/C21H21Cl2FN2O2/c22-16-12-17(23)20(18(24)13-16)25-21(28)15-8-10-26(11-9-15)19(27)7-6-14-4-2-1-3-5-14/h1-5,12-13,15H,6-11H2,(H,25,28). The molecule has 2 amide bonds. The number of carbonyl (C=O) groups excluding carboxylic acids is 2. The first-order chi connectivity index (χ1) is 13.4. The van der Waals surface area contributed by atoms with Crippen LogP contribution in [0.2, 0.25) is 10.0 Å². The number of aryl methyl sites for hydroxylation is 1. The Morgan fingerprint density at radius 3 is 2.43 bits per heavy atom. The second-order valence-electron chi connectivity index (χ2n) is 6.87. The second-order valence-corrected chi connectivity index (χ2v) is 7.72. The number of anilines is 1. The Bertz CT molecular complexity index is 830. The minimum absolute atomic E-state index is 0.0579. The molecule has 0 spiro atoms. The molecule has 1 fully saturated rings. The van der Waals surface area contributed by atoms with Crippen LogP contribution in [-0.2, 0) is 16.0 Å². The van der Waals surface area contributed by atoms with Gasteiger partial charge in [0.2, 0.25) is 11.8 Å². The number of rotatable bonds is 5. The third-order valence-corrected chi connectivity index (χ3v) is 5.46. The first-order valence-corrected chi connectivity index (χ1v) is 9.96. The molecule has 0 radical (unpaired) electrons. The molecule has 0 saturated carbocycles. The van der Waals surface area contributed by atoms with Gasteiger partial charge in [-0.2, -0.15) is 0 Å². The van der Waals surface area contributed by atoms with Crippen LogP contribution in [0.4, 0.5) is 10.1 Å². The summed E-state index contributed by atoms with van der Waals surface area (Å²) in [4.78, 5) is 26.7. The molecule has 1 heterocycles. The van der Waals surface area contributed by atoms with Crippen molar-refractivity contribution in [1.29, 1.82) is 0 Å². The van der Waals surface area contributed by atoms with Gasteiger partial charge in [0.25, 0.3) is 0 Å². The summed E-state index contributed by atoms with van der Waals surface area (Å²) in [5, 5.41) is 2.79. The molecule has 7 heteroatoms. The molecule has 0 aliphatic carbocycles. The SMILES string of the molecule is O=C(Nc1c(F)cc(Cl)cc1Cl)C1CCN(C(=O)CCc2ccccc2)CC1. The van der Waals surface area contributed by atoms with E-state index < -0.39 is 5.82 Å². The van der Waals surface area contributed by atoms with Crippen molar-refractivity contribution in [2.45, 2.75) is 25.7 Å². The van der Waals surface area contributed by atoms with Crippen molar-refractivity contribution in [3.05, 3.63) is 63.9 Å². The summed E-state index contributed by atoms with van der Waals surface area (Å²) in [5.41, 5.74) is 1.07. The normalized spacial score (nSPS) is 14.8. The third-order valence-electron chi connectivity index (χ3n) is 4.94. The molecule has 148 valence electrons. The van der Waals surface area contributed by atoms with E-state index in [4.69, 9.17) is 23.2 Å². The zero-order chi connectivity index (χ0) is 20.1. The number of halogens is 3. The number of hydrogen-bond donors (Lipinski definition) is 1. The fourth-order valence-corrected chi connectivity index (χ4v) is 3.85. The van der Waals surface area contributed by atoms with E-state index in [9.17, 15) is 14.0 Å². The van der Waals surface area contributed by atoms with E-state index in [1.165, 1.54) is 6.07 Å². The van der Waals surface area contributed by atoms with E-state index >= 15 is 0 Å². The van der Waals surface area contributed by atoms with E-state index in [2.05, 4.69) is 5.32 Å². The van der Waals surface area contributed by atoms with Gasteiger partial charge in [0.15, 0.2) is 0 Å². The Hall–Kier alpha value is -2.11. The zero-order valence-corrected chi connectivity index (χ0v) is 16.8. The van der Waals surface area contributed by atoms with Gasteiger partial charge in [0, 0.05) is 30.5 Å². The predicted molar refractivity (Wildman–Crippen MR) is 109 cm³/mol. The Morgan fingerprint density at radius 1 is 1.11 bits per heavy atom. The van der Waals surface area contributed by atoms with Crippen molar-refractivity contribution in [3.8, 4) is 0 Å². The maximum absolute atomic E-state index is 14.0. The predicted octanol–water partition coefficient (Wildman–Crippen LogP) is 4.94. The van der Waals surface area contributed by atoms with Crippen molar-refractivity contribution in [2.75, 3.05) is 18.4 Å². The Morgan fingerprint density at radius 2 is 1.79 bits per heavy atom. The molecule has 0 unspecified atom stereocenters. The summed E-state index contributed by atoms with van der Waals surface area (Å²) >= 11 is 11.7. The highest BCUT2D eigenvalue weighted by atomic mass is 35.5. The van der Waals surface area contributed by atoms with Gasteiger partial charge in [-0.05, 0) is 37.0 Å². The topological polar surface area (TPSA) is 49.4 Å². The van der Waals surface area contributed by atoms with Crippen LogP contribution < -0.4 is 5.32 Å². The molecule has 1 aliphatic rings. The van der Waals surface area contributed by atoms with E-state index in [0.717, 1.165) is 11.6 Å². The van der Waals surface area contributed by atoms with Gasteiger partial charge >= 0.3 is 0 Å². The van der Waals surface area contributed by atoms with Crippen LogP contribution in [0.5, 0.6) is 0 Å². The molecule has 1 saturated heterocycles. The lowest BCUT2D eigenvalue weighted by molar-refractivity contribution is -0.134. The summed E-state index contributed by atoms with van der Waals surface area (Å²) < 4.78 is 14.0. The first kappa shape index (κ1) is 20.6. The third kappa shape index (κ3) is 5.24. The molecular weight excluding hydrogens is 402 g/mol. The van der Waals surface area contributed by atoms with Crippen LogP contribution in [0.25, 0.3) is 0 Å². The highest BCUT2D eigenvalue weighted by Crippen LogP contribution is 2.30. The number of hydrogen-bond acceptors (Lipinski definition) is 2. The average molecular weight is 423 g/mol. The molecule has 4 nitrogen and oxygen atoms in total. The summed E-state index contributed by atoms with van der Waals surface area (Å²) in [7, 11) is 0. The Balaban J connectivity index is 1.49. The summed E-state index contributed by atoms with van der Waals surface area (Å²) in [5.74, 6) is -1.15. The maximum Gasteiger partial charge on any atom is 0.227 e. The molecule has 2 aromatic carbocycles. The molecule has 1 aliphatic heterocycles. The number of benzene rings is 2.